The van der Waals surface area contributed by atoms with Crippen molar-refractivity contribution in [2.45, 2.75) is 26.3 Å². The molecule has 0 saturated carbocycles. The summed E-state index contributed by atoms with van der Waals surface area (Å²) in [6.45, 7) is 1.07. The molecule has 3 aromatic rings. The Labute approximate surface area is 185 Å². The van der Waals surface area contributed by atoms with E-state index in [0.717, 1.165) is 16.1 Å². The fraction of sp³-hybridized carbons (Fsp3) is 0.304. The van der Waals surface area contributed by atoms with Gasteiger partial charge in [-0.1, -0.05) is 36.4 Å². The quantitative estimate of drug-likeness (QED) is 0.490. The molecule has 0 aliphatic carbocycles. The van der Waals surface area contributed by atoms with E-state index in [9.17, 15) is 4.79 Å². The molecule has 0 saturated heterocycles. The minimum absolute atomic E-state index is 0.0174. The highest BCUT2D eigenvalue weighted by molar-refractivity contribution is 7.09. The summed E-state index contributed by atoms with van der Waals surface area (Å²) in [6, 6.07) is 15.4. The minimum atomic E-state index is -0.0952. The number of amides is 1. The lowest BCUT2D eigenvalue weighted by atomic mass is 10.1. The van der Waals surface area contributed by atoms with Crippen LogP contribution in [-0.4, -0.2) is 41.7 Å². The topological polar surface area (TPSA) is 81.1 Å². The molecule has 8 heteroatoms. The second kappa shape index (κ2) is 11.5. The maximum absolute atomic E-state index is 12.6. The van der Waals surface area contributed by atoms with Crippen molar-refractivity contribution in [1.29, 1.82) is 0 Å². The predicted octanol–water partition coefficient (Wildman–Crippen LogP) is 3.40. The number of carbonyl (C=O) groups is 1. The Kier molecular flexibility index (Phi) is 8.40. The second-order valence-electron chi connectivity index (χ2n) is 6.83. The van der Waals surface area contributed by atoms with Crippen LogP contribution in [0.4, 0.5) is 0 Å². The first kappa shape index (κ1) is 22.7. The zero-order chi connectivity index (χ0) is 22.1. The molecule has 0 aliphatic rings. The number of hydrogen-bond donors (Lipinski definition) is 1. The molecule has 0 radical (unpaired) electrons. The van der Waals surface area contributed by atoms with E-state index in [1.165, 1.54) is 18.4 Å². The van der Waals surface area contributed by atoms with Crippen LogP contribution in [0.25, 0.3) is 0 Å². The Morgan fingerprint density at radius 2 is 1.84 bits per heavy atom. The van der Waals surface area contributed by atoms with Crippen LogP contribution in [0.1, 0.15) is 21.8 Å². The summed E-state index contributed by atoms with van der Waals surface area (Å²) in [6.07, 6.45) is 0. The molecule has 2 aromatic carbocycles. The van der Waals surface area contributed by atoms with Gasteiger partial charge in [0.25, 0.3) is 0 Å². The van der Waals surface area contributed by atoms with Crippen molar-refractivity contribution in [1.82, 2.24) is 9.88 Å². The van der Waals surface area contributed by atoms with Crippen molar-refractivity contribution in [2.24, 2.45) is 0 Å². The molecular formula is C23H26N2O5S. The molecule has 0 bridgehead atoms. The first-order valence-corrected chi connectivity index (χ1v) is 10.7. The summed E-state index contributed by atoms with van der Waals surface area (Å²) in [5, 5.41) is 11.7. The van der Waals surface area contributed by atoms with Crippen LogP contribution in [0, 0.1) is 0 Å². The van der Waals surface area contributed by atoms with E-state index < -0.39 is 0 Å². The molecular weight excluding hydrogens is 416 g/mol. The van der Waals surface area contributed by atoms with Gasteiger partial charge in [0, 0.05) is 25.6 Å². The SMILES string of the molecule is COCC(=O)N(Cc1ccccc1)Cc1ccc(OC)c(OCc2nc(CO)cs2)c1. The summed E-state index contributed by atoms with van der Waals surface area (Å²) in [4.78, 5) is 18.7. The van der Waals surface area contributed by atoms with E-state index in [1.54, 1.807) is 17.4 Å². The third-order valence-electron chi connectivity index (χ3n) is 4.55. The van der Waals surface area contributed by atoms with Crippen LogP contribution < -0.4 is 9.47 Å². The molecule has 7 nitrogen and oxygen atoms in total. The van der Waals surface area contributed by atoms with Crippen molar-refractivity contribution in [3.63, 3.8) is 0 Å². The second-order valence-corrected chi connectivity index (χ2v) is 7.78. The lowest BCUT2D eigenvalue weighted by molar-refractivity contribution is -0.136. The highest BCUT2D eigenvalue weighted by Gasteiger charge is 2.16. The normalized spacial score (nSPS) is 10.7. The van der Waals surface area contributed by atoms with E-state index in [-0.39, 0.29) is 25.7 Å². The third kappa shape index (κ3) is 6.52. The minimum Gasteiger partial charge on any atom is -0.493 e. The fourth-order valence-electron chi connectivity index (χ4n) is 3.03. The molecule has 0 atom stereocenters. The van der Waals surface area contributed by atoms with Gasteiger partial charge < -0.3 is 24.2 Å². The largest absolute Gasteiger partial charge is 0.493 e. The number of methoxy groups -OCH3 is 2. The Bertz CT molecular complexity index is 977. The maximum Gasteiger partial charge on any atom is 0.249 e. The number of aliphatic hydroxyl groups excluding tert-OH is 1. The number of nitrogens with zero attached hydrogens (tertiary/aromatic N) is 2. The molecule has 0 fully saturated rings. The zero-order valence-electron chi connectivity index (χ0n) is 17.6. The Balaban J connectivity index is 1.75. The molecule has 1 N–H and O–H groups in total. The van der Waals surface area contributed by atoms with E-state index >= 15 is 0 Å². The molecule has 3 rings (SSSR count). The van der Waals surface area contributed by atoms with E-state index in [0.29, 0.717) is 30.3 Å². The number of aliphatic hydroxyl groups is 1. The molecule has 0 unspecified atom stereocenters. The van der Waals surface area contributed by atoms with Crippen molar-refractivity contribution < 1.29 is 24.1 Å². The van der Waals surface area contributed by atoms with Crippen LogP contribution >= 0.6 is 11.3 Å². The highest BCUT2D eigenvalue weighted by Crippen LogP contribution is 2.30. The number of carbonyl (C=O) groups excluding carboxylic acids is 1. The maximum atomic E-state index is 12.6. The van der Waals surface area contributed by atoms with Gasteiger partial charge in [-0.25, -0.2) is 4.98 Å². The summed E-state index contributed by atoms with van der Waals surface area (Å²) < 4.78 is 16.4. The summed E-state index contributed by atoms with van der Waals surface area (Å²) in [5.41, 5.74) is 2.57. The number of rotatable bonds is 11. The van der Waals surface area contributed by atoms with Crippen molar-refractivity contribution in [3.8, 4) is 11.5 Å². The molecule has 1 heterocycles. The monoisotopic (exact) mass is 442 g/mol. The average Bonchev–Trinajstić information content (AvgIpc) is 3.26. The van der Waals surface area contributed by atoms with Crippen molar-refractivity contribution >= 4 is 17.2 Å². The number of aromatic nitrogens is 1. The zero-order valence-corrected chi connectivity index (χ0v) is 18.4. The number of thiazole rings is 1. The van der Waals surface area contributed by atoms with Gasteiger partial charge >= 0.3 is 0 Å². The van der Waals surface area contributed by atoms with Crippen molar-refractivity contribution in [2.75, 3.05) is 20.8 Å². The summed E-state index contributed by atoms with van der Waals surface area (Å²) in [7, 11) is 3.09. The first-order valence-electron chi connectivity index (χ1n) is 9.77. The Morgan fingerprint density at radius 1 is 1.06 bits per heavy atom. The summed E-state index contributed by atoms with van der Waals surface area (Å²) in [5.74, 6) is 1.07. The van der Waals surface area contributed by atoms with Gasteiger partial charge in [-0.05, 0) is 23.3 Å². The van der Waals surface area contributed by atoms with Gasteiger partial charge in [0.05, 0.1) is 19.4 Å². The van der Waals surface area contributed by atoms with Gasteiger partial charge in [-0.2, -0.15) is 0 Å². The number of benzene rings is 2. The van der Waals surface area contributed by atoms with Crippen LogP contribution in [0.2, 0.25) is 0 Å². The van der Waals surface area contributed by atoms with Gasteiger partial charge in [0.1, 0.15) is 18.2 Å². The van der Waals surface area contributed by atoms with E-state index in [2.05, 4.69) is 4.98 Å². The van der Waals surface area contributed by atoms with Crippen LogP contribution in [-0.2, 0) is 35.8 Å². The summed E-state index contributed by atoms with van der Waals surface area (Å²) >= 11 is 1.43. The lowest BCUT2D eigenvalue weighted by Gasteiger charge is -2.23. The van der Waals surface area contributed by atoms with Crippen LogP contribution in [0.5, 0.6) is 11.5 Å². The van der Waals surface area contributed by atoms with Crippen molar-refractivity contribution in [3.05, 3.63) is 75.7 Å². The first-order chi connectivity index (χ1) is 15.1. The Morgan fingerprint density at radius 3 is 2.52 bits per heavy atom. The molecule has 1 amide bonds. The Hall–Kier alpha value is -2.94. The third-order valence-corrected chi connectivity index (χ3v) is 5.42. The molecule has 0 spiro atoms. The highest BCUT2D eigenvalue weighted by atomic mass is 32.1. The average molecular weight is 443 g/mol. The van der Waals surface area contributed by atoms with Gasteiger partial charge in [0.2, 0.25) is 5.91 Å². The van der Waals surface area contributed by atoms with E-state index in [1.807, 2.05) is 48.5 Å². The van der Waals surface area contributed by atoms with Crippen LogP contribution in [0.15, 0.2) is 53.9 Å². The van der Waals surface area contributed by atoms with Gasteiger partial charge in [0.15, 0.2) is 11.5 Å². The van der Waals surface area contributed by atoms with Gasteiger partial charge in [-0.15, -0.1) is 11.3 Å². The molecule has 1 aromatic heterocycles. The molecule has 31 heavy (non-hydrogen) atoms. The number of ether oxygens (including phenoxy) is 3. The fourth-order valence-corrected chi connectivity index (χ4v) is 3.73. The smallest absolute Gasteiger partial charge is 0.249 e. The molecule has 164 valence electrons. The lowest BCUT2D eigenvalue weighted by Crippen LogP contribution is -2.32. The van der Waals surface area contributed by atoms with Crippen LogP contribution in [0.3, 0.4) is 0 Å². The van der Waals surface area contributed by atoms with E-state index in [4.69, 9.17) is 19.3 Å². The standard InChI is InChI=1S/C23H26N2O5S/c1-28-15-23(27)25(11-17-6-4-3-5-7-17)12-18-8-9-20(29-2)21(10-18)30-14-22-24-19(13-26)16-31-22/h3-10,16,26H,11-15H2,1-2H3. The number of hydrogen-bond acceptors (Lipinski definition) is 7. The predicted molar refractivity (Wildman–Crippen MR) is 118 cm³/mol. The molecule has 0 aliphatic heterocycles. The van der Waals surface area contributed by atoms with Gasteiger partial charge in [-0.3, -0.25) is 4.79 Å².